The average molecular weight is 457 g/mol. The second-order valence-corrected chi connectivity index (χ2v) is 9.06. The van der Waals surface area contributed by atoms with Crippen molar-refractivity contribution in [3.8, 4) is 5.75 Å². The van der Waals surface area contributed by atoms with E-state index >= 15 is 0 Å². The molecule has 34 heavy (non-hydrogen) atoms. The highest BCUT2D eigenvalue weighted by molar-refractivity contribution is 6.02. The first kappa shape index (κ1) is 23.9. The van der Waals surface area contributed by atoms with E-state index in [1.165, 1.54) is 11.6 Å². The van der Waals surface area contributed by atoms with Crippen molar-refractivity contribution in [3.05, 3.63) is 101 Å². The van der Waals surface area contributed by atoms with Crippen LogP contribution in [0.1, 0.15) is 52.2 Å². The number of aromatic hydroxyl groups is 1. The minimum Gasteiger partial charge on any atom is -0.507 e. The molecule has 4 rings (SSSR count). The fourth-order valence-electron chi connectivity index (χ4n) is 5.01. The van der Waals surface area contributed by atoms with Crippen LogP contribution in [0.4, 0.5) is 0 Å². The van der Waals surface area contributed by atoms with Crippen molar-refractivity contribution in [1.29, 1.82) is 0 Å². The fraction of sp³-hybridized carbons (Fsp3) is 0.310. The molecule has 1 fully saturated rings. The van der Waals surface area contributed by atoms with Gasteiger partial charge in [0.15, 0.2) is 5.78 Å². The fourth-order valence-corrected chi connectivity index (χ4v) is 5.01. The van der Waals surface area contributed by atoms with Gasteiger partial charge in [0.1, 0.15) is 11.5 Å². The minimum atomic E-state index is -0.462. The average Bonchev–Trinajstić information content (AvgIpc) is 2.87. The van der Waals surface area contributed by atoms with E-state index in [0.29, 0.717) is 19.4 Å². The van der Waals surface area contributed by atoms with E-state index in [1.54, 1.807) is 12.1 Å². The molecule has 0 heterocycles. The van der Waals surface area contributed by atoms with Gasteiger partial charge in [-0.3, -0.25) is 9.59 Å². The number of carbonyl (C=O) groups is 2. The molecular weight excluding hydrogens is 424 g/mol. The van der Waals surface area contributed by atoms with Gasteiger partial charge in [-0.25, -0.2) is 0 Å². The Kier molecular flexibility index (Phi) is 7.88. The summed E-state index contributed by atoms with van der Waals surface area (Å²) < 4.78 is 0. The van der Waals surface area contributed by atoms with Crippen molar-refractivity contribution >= 4 is 11.6 Å². The molecule has 1 aliphatic carbocycles. The summed E-state index contributed by atoms with van der Waals surface area (Å²) >= 11 is 0. The SMILES string of the molecule is NCc1ccc(O)c(C(=O)C2C(NCCCc3ccccc3)CC(=O)CC2c2ccccc2)c1. The Morgan fingerprint density at radius 1 is 0.941 bits per heavy atom. The van der Waals surface area contributed by atoms with Crippen molar-refractivity contribution in [3.63, 3.8) is 0 Å². The topological polar surface area (TPSA) is 92.4 Å². The number of phenols is 1. The van der Waals surface area contributed by atoms with Gasteiger partial charge in [0.2, 0.25) is 0 Å². The van der Waals surface area contributed by atoms with Crippen LogP contribution in [0.3, 0.4) is 0 Å². The van der Waals surface area contributed by atoms with Crippen LogP contribution in [0.5, 0.6) is 5.75 Å². The maximum atomic E-state index is 13.9. The normalized spacial score (nSPS) is 20.3. The minimum absolute atomic E-state index is 0.0475. The lowest BCUT2D eigenvalue weighted by atomic mass is 9.69. The maximum Gasteiger partial charge on any atom is 0.171 e. The second-order valence-electron chi connectivity index (χ2n) is 9.06. The van der Waals surface area contributed by atoms with E-state index in [-0.39, 0.29) is 41.4 Å². The number of benzene rings is 3. The number of hydrogen-bond acceptors (Lipinski definition) is 5. The molecule has 0 aliphatic heterocycles. The summed E-state index contributed by atoms with van der Waals surface area (Å²) in [6.45, 7) is 0.986. The van der Waals surface area contributed by atoms with Gasteiger partial charge in [0.25, 0.3) is 0 Å². The highest BCUT2D eigenvalue weighted by Gasteiger charge is 2.42. The smallest absolute Gasteiger partial charge is 0.171 e. The number of phenolic OH excluding ortho intramolecular Hbond substituents is 1. The van der Waals surface area contributed by atoms with Crippen LogP contribution < -0.4 is 11.1 Å². The van der Waals surface area contributed by atoms with E-state index in [2.05, 4.69) is 17.4 Å². The number of hydrogen-bond donors (Lipinski definition) is 3. The van der Waals surface area contributed by atoms with E-state index in [9.17, 15) is 14.7 Å². The lowest BCUT2D eigenvalue weighted by Crippen LogP contribution is -2.48. The predicted molar refractivity (Wildman–Crippen MR) is 134 cm³/mol. The van der Waals surface area contributed by atoms with Crippen molar-refractivity contribution in [2.45, 2.75) is 44.2 Å². The zero-order valence-corrected chi connectivity index (χ0v) is 19.3. The molecule has 5 nitrogen and oxygen atoms in total. The monoisotopic (exact) mass is 456 g/mol. The number of nitrogens with one attached hydrogen (secondary N) is 1. The standard InChI is InChI=1S/C29H32N2O3/c30-19-21-13-14-27(33)25(16-21)29(34)28-24(22-11-5-2-6-12-22)17-23(32)18-26(28)31-15-7-10-20-8-3-1-4-9-20/h1-6,8-9,11-14,16,24,26,28,31,33H,7,10,15,17-19,30H2. The summed E-state index contributed by atoms with van der Waals surface area (Å²) in [6.07, 6.45) is 2.45. The Balaban J connectivity index is 1.59. The van der Waals surface area contributed by atoms with Gasteiger partial charge in [-0.05, 0) is 48.2 Å². The summed E-state index contributed by atoms with van der Waals surface area (Å²) in [6, 6.07) is 24.7. The van der Waals surface area contributed by atoms with Crippen LogP contribution in [0, 0.1) is 5.92 Å². The van der Waals surface area contributed by atoms with Crippen LogP contribution in [0.15, 0.2) is 78.9 Å². The Hall–Kier alpha value is -3.28. The third-order valence-electron chi connectivity index (χ3n) is 6.75. The van der Waals surface area contributed by atoms with Gasteiger partial charge < -0.3 is 16.2 Å². The first-order chi connectivity index (χ1) is 16.6. The van der Waals surface area contributed by atoms with Crippen LogP contribution >= 0.6 is 0 Å². The molecule has 1 aliphatic rings. The maximum absolute atomic E-state index is 13.9. The quantitative estimate of drug-likeness (QED) is 0.328. The molecule has 0 radical (unpaired) electrons. The Morgan fingerprint density at radius 3 is 2.35 bits per heavy atom. The lowest BCUT2D eigenvalue weighted by molar-refractivity contribution is -0.122. The first-order valence-corrected chi connectivity index (χ1v) is 12.0. The van der Waals surface area contributed by atoms with Gasteiger partial charge in [-0.15, -0.1) is 0 Å². The highest BCUT2D eigenvalue weighted by Crippen LogP contribution is 2.40. The summed E-state index contributed by atoms with van der Waals surface area (Å²) in [5.41, 5.74) is 9.09. The van der Waals surface area contributed by atoms with E-state index < -0.39 is 5.92 Å². The number of aryl methyl sites for hydroxylation is 1. The van der Waals surface area contributed by atoms with Gasteiger partial charge in [0.05, 0.1) is 5.56 Å². The zero-order valence-electron chi connectivity index (χ0n) is 19.3. The Bertz CT molecular complexity index is 1110. The summed E-state index contributed by atoms with van der Waals surface area (Å²) in [5, 5.41) is 14.0. The van der Waals surface area contributed by atoms with Crippen molar-refractivity contribution in [2.24, 2.45) is 11.7 Å². The third-order valence-corrected chi connectivity index (χ3v) is 6.75. The van der Waals surface area contributed by atoms with Gasteiger partial charge in [0, 0.05) is 37.3 Å². The van der Waals surface area contributed by atoms with E-state index in [0.717, 1.165) is 24.0 Å². The second kappa shape index (κ2) is 11.2. The number of rotatable bonds is 9. The molecule has 0 aromatic heterocycles. The zero-order chi connectivity index (χ0) is 23.9. The summed E-state index contributed by atoms with van der Waals surface area (Å²) in [4.78, 5) is 26.7. The summed E-state index contributed by atoms with van der Waals surface area (Å²) in [7, 11) is 0. The molecule has 3 aromatic rings. The van der Waals surface area contributed by atoms with E-state index in [1.807, 2.05) is 48.5 Å². The van der Waals surface area contributed by atoms with Crippen LogP contribution in [0.25, 0.3) is 0 Å². The van der Waals surface area contributed by atoms with Crippen molar-refractivity contribution in [1.82, 2.24) is 5.32 Å². The Morgan fingerprint density at radius 2 is 1.65 bits per heavy atom. The third kappa shape index (κ3) is 5.61. The molecule has 0 spiro atoms. The predicted octanol–water partition coefficient (Wildman–Crippen LogP) is 4.39. The Labute approximate surface area is 201 Å². The van der Waals surface area contributed by atoms with E-state index in [4.69, 9.17) is 5.73 Å². The number of ketones is 2. The first-order valence-electron chi connectivity index (χ1n) is 12.0. The number of Topliss-reactive ketones (excluding diaryl/α,β-unsaturated/α-hetero) is 2. The largest absolute Gasteiger partial charge is 0.507 e. The molecule has 176 valence electrons. The molecule has 3 aromatic carbocycles. The molecule has 3 unspecified atom stereocenters. The van der Waals surface area contributed by atoms with Gasteiger partial charge in [-0.2, -0.15) is 0 Å². The van der Waals surface area contributed by atoms with Crippen molar-refractivity contribution in [2.75, 3.05) is 6.54 Å². The molecule has 4 N–H and O–H groups in total. The van der Waals surface area contributed by atoms with Crippen LogP contribution in [-0.4, -0.2) is 29.3 Å². The molecule has 0 bridgehead atoms. The van der Waals surface area contributed by atoms with Gasteiger partial charge >= 0.3 is 0 Å². The molecule has 0 saturated heterocycles. The van der Waals surface area contributed by atoms with Crippen molar-refractivity contribution < 1.29 is 14.7 Å². The molecule has 0 amide bonds. The molecule has 3 atom stereocenters. The number of nitrogens with two attached hydrogens (primary N) is 1. The molecular formula is C29H32N2O3. The molecule has 5 heteroatoms. The summed E-state index contributed by atoms with van der Waals surface area (Å²) in [5.74, 6) is -0.750. The van der Waals surface area contributed by atoms with Crippen LogP contribution in [-0.2, 0) is 17.8 Å². The highest BCUT2D eigenvalue weighted by atomic mass is 16.3. The van der Waals surface area contributed by atoms with Crippen LogP contribution in [0.2, 0.25) is 0 Å². The number of carbonyl (C=O) groups excluding carboxylic acids is 2. The van der Waals surface area contributed by atoms with Gasteiger partial charge in [-0.1, -0.05) is 66.7 Å². The molecule has 1 saturated carbocycles. The lowest BCUT2D eigenvalue weighted by Gasteiger charge is -2.37.